The molecule has 0 aliphatic carbocycles. The molecule has 3 rings (SSSR count). The Morgan fingerprint density at radius 1 is 1.35 bits per heavy atom. The minimum absolute atomic E-state index is 0.190. The molecule has 0 spiro atoms. The Labute approximate surface area is 136 Å². The molecular weight excluding hydrogens is 415 g/mol. The third-order valence-electron chi connectivity index (χ3n) is 2.87. The quantitative estimate of drug-likeness (QED) is 0.709. The summed E-state index contributed by atoms with van der Waals surface area (Å²) in [5, 5.41) is 0.544. The lowest BCUT2D eigenvalue weighted by Crippen LogP contribution is -2.05. The standard InChI is InChI=1S/C12H7Br2ClN2O3/c13-11-12(14)17(10(4-18)16-11)3-6-1-8-9(2-7(6)15)20-5-19-8/h1-2,4H,3,5H2. The van der Waals surface area contributed by atoms with E-state index in [1.54, 1.807) is 16.7 Å². The van der Waals surface area contributed by atoms with Gasteiger partial charge in [-0.2, -0.15) is 0 Å². The highest BCUT2D eigenvalue weighted by molar-refractivity contribution is 9.13. The number of aldehydes is 1. The van der Waals surface area contributed by atoms with Crippen LogP contribution in [0.3, 0.4) is 0 Å². The second kappa shape index (κ2) is 5.38. The highest BCUT2D eigenvalue weighted by Crippen LogP contribution is 2.37. The number of hydrogen-bond acceptors (Lipinski definition) is 4. The van der Waals surface area contributed by atoms with E-state index in [9.17, 15) is 4.79 Å². The van der Waals surface area contributed by atoms with E-state index in [0.29, 0.717) is 44.4 Å². The first kappa shape index (κ1) is 13.9. The molecule has 0 bridgehead atoms. The van der Waals surface area contributed by atoms with Crippen molar-refractivity contribution in [1.29, 1.82) is 0 Å². The van der Waals surface area contributed by atoms with Gasteiger partial charge in [0, 0.05) is 11.1 Å². The van der Waals surface area contributed by atoms with Crippen LogP contribution in [0.4, 0.5) is 0 Å². The molecule has 1 aromatic carbocycles. The summed E-state index contributed by atoms with van der Waals surface area (Å²) >= 11 is 12.9. The summed E-state index contributed by atoms with van der Waals surface area (Å²) in [6.45, 7) is 0.581. The Morgan fingerprint density at radius 2 is 2.05 bits per heavy atom. The summed E-state index contributed by atoms with van der Waals surface area (Å²) < 4.78 is 13.5. The third kappa shape index (κ3) is 2.34. The maximum atomic E-state index is 11.1. The highest BCUT2D eigenvalue weighted by Gasteiger charge is 2.19. The molecule has 0 radical (unpaired) electrons. The number of halogens is 3. The number of carbonyl (C=O) groups excluding carboxylic acids is 1. The van der Waals surface area contributed by atoms with Crippen molar-refractivity contribution in [3.63, 3.8) is 0 Å². The molecule has 0 unspecified atom stereocenters. The van der Waals surface area contributed by atoms with Gasteiger partial charge in [0.15, 0.2) is 23.6 Å². The largest absolute Gasteiger partial charge is 0.454 e. The smallest absolute Gasteiger partial charge is 0.231 e. The number of rotatable bonds is 3. The molecule has 1 aliphatic heterocycles. The van der Waals surface area contributed by atoms with Crippen molar-refractivity contribution < 1.29 is 14.3 Å². The van der Waals surface area contributed by atoms with E-state index >= 15 is 0 Å². The topological polar surface area (TPSA) is 53.4 Å². The number of aromatic nitrogens is 2. The monoisotopic (exact) mass is 420 g/mol. The molecule has 20 heavy (non-hydrogen) atoms. The number of carbonyl (C=O) groups is 1. The van der Waals surface area contributed by atoms with Gasteiger partial charge in [-0.1, -0.05) is 11.6 Å². The molecule has 104 valence electrons. The van der Waals surface area contributed by atoms with Crippen LogP contribution in [0.5, 0.6) is 11.5 Å². The molecule has 2 aromatic rings. The molecule has 0 N–H and O–H groups in total. The molecule has 0 saturated heterocycles. The molecule has 1 aromatic heterocycles. The second-order valence-corrected chi connectivity index (χ2v) is 5.96. The minimum atomic E-state index is 0.190. The van der Waals surface area contributed by atoms with Gasteiger partial charge < -0.3 is 14.0 Å². The lowest BCUT2D eigenvalue weighted by molar-refractivity contribution is 0.111. The van der Waals surface area contributed by atoms with Gasteiger partial charge >= 0.3 is 0 Å². The van der Waals surface area contributed by atoms with E-state index in [4.69, 9.17) is 21.1 Å². The van der Waals surface area contributed by atoms with Crippen LogP contribution < -0.4 is 9.47 Å². The van der Waals surface area contributed by atoms with E-state index < -0.39 is 0 Å². The molecule has 1 aliphatic rings. The van der Waals surface area contributed by atoms with Crippen LogP contribution in [0, 0.1) is 0 Å². The zero-order valence-corrected chi connectivity index (χ0v) is 13.8. The second-order valence-electron chi connectivity index (χ2n) is 4.05. The van der Waals surface area contributed by atoms with E-state index in [2.05, 4.69) is 36.8 Å². The fourth-order valence-corrected chi connectivity index (χ4v) is 2.91. The normalized spacial score (nSPS) is 12.8. The molecule has 0 fully saturated rings. The predicted molar refractivity (Wildman–Crippen MR) is 79.7 cm³/mol. The SMILES string of the molecule is O=Cc1nc(Br)c(Br)n1Cc1cc2c(cc1Cl)OCO2. The Hall–Kier alpha value is -1.05. The Morgan fingerprint density at radius 3 is 2.75 bits per heavy atom. The molecule has 8 heteroatoms. The first-order valence-electron chi connectivity index (χ1n) is 5.55. The highest BCUT2D eigenvalue weighted by atomic mass is 79.9. The Bertz CT molecular complexity index is 702. The number of hydrogen-bond donors (Lipinski definition) is 0. The Balaban J connectivity index is 2.02. The van der Waals surface area contributed by atoms with Gasteiger partial charge in [-0.05, 0) is 43.5 Å². The van der Waals surface area contributed by atoms with E-state index in [1.165, 1.54) is 0 Å². The summed E-state index contributed by atoms with van der Waals surface area (Å²) in [6.07, 6.45) is 0.691. The molecule has 2 heterocycles. The molecule has 0 amide bonds. The summed E-state index contributed by atoms with van der Waals surface area (Å²) in [7, 11) is 0. The van der Waals surface area contributed by atoms with Crippen molar-refractivity contribution in [3.8, 4) is 11.5 Å². The van der Waals surface area contributed by atoms with Gasteiger partial charge in [0.2, 0.25) is 6.79 Å². The van der Waals surface area contributed by atoms with Crippen LogP contribution in [0.2, 0.25) is 5.02 Å². The van der Waals surface area contributed by atoms with Gasteiger partial charge in [-0.3, -0.25) is 4.79 Å². The van der Waals surface area contributed by atoms with Gasteiger partial charge in [0.05, 0.1) is 6.54 Å². The number of ether oxygens (including phenoxy) is 2. The van der Waals surface area contributed by atoms with Gasteiger partial charge in [-0.25, -0.2) is 4.98 Å². The Kier molecular flexibility index (Phi) is 3.74. The number of nitrogens with zero attached hydrogens (tertiary/aromatic N) is 2. The average Bonchev–Trinajstić information content (AvgIpc) is 2.98. The van der Waals surface area contributed by atoms with E-state index in [1.807, 2.05) is 0 Å². The summed E-state index contributed by atoms with van der Waals surface area (Å²) in [4.78, 5) is 15.1. The van der Waals surface area contributed by atoms with Crippen LogP contribution in [0.1, 0.15) is 16.2 Å². The van der Waals surface area contributed by atoms with Crippen LogP contribution in [0.25, 0.3) is 0 Å². The first-order valence-corrected chi connectivity index (χ1v) is 7.51. The molecule has 0 atom stereocenters. The summed E-state index contributed by atoms with van der Waals surface area (Å²) in [6, 6.07) is 3.51. The van der Waals surface area contributed by atoms with Crippen molar-refractivity contribution in [2.75, 3.05) is 6.79 Å². The van der Waals surface area contributed by atoms with E-state index in [0.717, 1.165) is 5.56 Å². The lowest BCUT2D eigenvalue weighted by atomic mass is 10.2. The molecule has 0 saturated carbocycles. The summed E-state index contributed by atoms with van der Waals surface area (Å²) in [5.41, 5.74) is 0.810. The number of fused-ring (bicyclic) bond motifs is 1. The van der Waals surface area contributed by atoms with Crippen LogP contribution in [-0.4, -0.2) is 22.6 Å². The lowest BCUT2D eigenvalue weighted by Gasteiger charge is -2.09. The minimum Gasteiger partial charge on any atom is -0.454 e. The van der Waals surface area contributed by atoms with Crippen molar-refractivity contribution in [3.05, 3.63) is 37.7 Å². The van der Waals surface area contributed by atoms with Crippen LogP contribution in [-0.2, 0) is 6.54 Å². The number of imidazole rings is 1. The average molecular weight is 422 g/mol. The van der Waals surface area contributed by atoms with Crippen molar-refractivity contribution >= 4 is 49.7 Å². The fraction of sp³-hybridized carbons (Fsp3) is 0.167. The van der Waals surface area contributed by atoms with E-state index in [-0.39, 0.29) is 6.79 Å². The summed E-state index contributed by atoms with van der Waals surface area (Å²) in [5.74, 6) is 1.57. The molecule has 5 nitrogen and oxygen atoms in total. The maximum absolute atomic E-state index is 11.1. The van der Waals surface area contributed by atoms with Gasteiger partial charge in [-0.15, -0.1) is 0 Å². The van der Waals surface area contributed by atoms with Gasteiger partial charge in [0.1, 0.15) is 9.21 Å². The van der Waals surface area contributed by atoms with Crippen LogP contribution in [0.15, 0.2) is 21.3 Å². The number of benzene rings is 1. The van der Waals surface area contributed by atoms with Crippen molar-refractivity contribution in [2.24, 2.45) is 0 Å². The van der Waals surface area contributed by atoms with Gasteiger partial charge in [0.25, 0.3) is 0 Å². The van der Waals surface area contributed by atoms with Crippen LogP contribution >= 0.6 is 43.5 Å². The fourth-order valence-electron chi connectivity index (χ4n) is 1.91. The maximum Gasteiger partial charge on any atom is 0.231 e. The van der Waals surface area contributed by atoms with Crippen molar-refractivity contribution in [1.82, 2.24) is 9.55 Å². The zero-order valence-electron chi connectivity index (χ0n) is 9.90. The molecular formula is C12H7Br2ClN2O3. The predicted octanol–water partition coefficient (Wildman–Crippen LogP) is 3.65. The third-order valence-corrected chi connectivity index (χ3v) is 5.11. The van der Waals surface area contributed by atoms with Crippen molar-refractivity contribution in [2.45, 2.75) is 6.54 Å². The zero-order chi connectivity index (χ0) is 14.3. The first-order chi connectivity index (χ1) is 9.60.